The molecule has 208 valence electrons. The topological polar surface area (TPSA) is 108 Å². The van der Waals surface area contributed by atoms with Gasteiger partial charge in [-0.05, 0) is 62.6 Å². The van der Waals surface area contributed by atoms with Crippen molar-refractivity contribution < 1.29 is 31.2 Å². The number of nitrogens with one attached hydrogen (secondary N) is 2. The Kier molecular flexibility index (Phi) is 7.32. The number of amidine groups is 1. The van der Waals surface area contributed by atoms with Crippen molar-refractivity contribution in [3.05, 3.63) is 29.3 Å². The molecule has 8 nitrogen and oxygen atoms in total. The molecular formula is C26H33F3N4O4S. The van der Waals surface area contributed by atoms with E-state index in [1.54, 1.807) is 0 Å². The van der Waals surface area contributed by atoms with Crippen LogP contribution >= 0.6 is 0 Å². The molecule has 2 heterocycles. The number of hydrogen-bond donors (Lipinski definition) is 2. The lowest BCUT2D eigenvalue weighted by Crippen LogP contribution is -2.51. The molecule has 0 atom stereocenters. The zero-order valence-corrected chi connectivity index (χ0v) is 22.0. The number of amides is 2. The summed E-state index contributed by atoms with van der Waals surface area (Å²) >= 11 is 0. The highest BCUT2D eigenvalue weighted by molar-refractivity contribution is 7.89. The highest BCUT2D eigenvalue weighted by Gasteiger charge is 2.48. The van der Waals surface area contributed by atoms with Gasteiger partial charge < -0.3 is 10.6 Å². The number of piperidine rings is 1. The van der Waals surface area contributed by atoms with E-state index in [0.29, 0.717) is 0 Å². The summed E-state index contributed by atoms with van der Waals surface area (Å²) in [6.07, 6.45) is 2.30. The molecule has 0 aromatic heterocycles. The minimum Gasteiger partial charge on any atom is -0.326 e. The van der Waals surface area contributed by atoms with Crippen molar-refractivity contribution in [3.63, 3.8) is 0 Å². The van der Waals surface area contributed by atoms with E-state index in [1.807, 2.05) is 0 Å². The van der Waals surface area contributed by atoms with Gasteiger partial charge in [0.15, 0.2) is 0 Å². The average molecular weight is 555 g/mol. The molecule has 1 aromatic carbocycles. The summed E-state index contributed by atoms with van der Waals surface area (Å²) in [7, 11) is -3.86. The fourth-order valence-electron chi connectivity index (χ4n) is 5.68. The summed E-state index contributed by atoms with van der Waals surface area (Å²) in [6, 6.07) is 3.48. The Morgan fingerprint density at radius 2 is 1.79 bits per heavy atom. The fourth-order valence-corrected chi connectivity index (χ4v) is 7.15. The largest absolute Gasteiger partial charge is 0.416 e. The number of carbonyl (C=O) groups is 2. The van der Waals surface area contributed by atoms with Gasteiger partial charge in [-0.1, -0.05) is 25.3 Å². The van der Waals surface area contributed by atoms with Crippen LogP contribution in [0.25, 0.3) is 0 Å². The maximum absolute atomic E-state index is 13.8. The van der Waals surface area contributed by atoms with Gasteiger partial charge >= 0.3 is 6.18 Å². The van der Waals surface area contributed by atoms with Crippen molar-refractivity contribution in [2.45, 2.75) is 75.9 Å². The van der Waals surface area contributed by atoms with E-state index in [1.165, 1.54) is 22.9 Å². The van der Waals surface area contributed by atoms with Crippen LogP contribution in [0.5, 0.6) is 0 Å². The lowest BCUT2D eigenvalue weighted by atomic mass is 9.88. The van der Waals surface area contributed by atoms with Crippen molar-refractivity contribution >= 4 is 33.4 Å². The molecule has 4 aliphatic rings. The van der Waals surface area contributed by atoms with E-state index in [-0.39, 0.29) is 67.3 Å². The molecular weight excluding hydrogens is 521 g/mol. The summed E-state index contributed by atoms with van der Waals surface area (Å²) in [5.74, 6) is -0.161. The minimum atomic E-state index is -4.69. The molecule has 2 aliphatic heterocycles. The average Bonchev–Trinajstić information content (AvgIpc) is 3.69. The van der Waals surface area contributed by atoms with E-state index in [4.69, 9.17) is 4.99 Å². The Balaban J connectivity index is 1.22. The monoisotopic (exact) mass is 554 g/mol. The summed E-state index contributed by atoms with van der Waals surface area (Å²) in [4.78, 5) is 29.5. The van der Waals surface area contributed by atoms with Crippen molar-refractivity contribution in [1.29, 1.82) is 0 Å². The first kappa shape index (κ1) is 27.1. The molecule has 2 amide bonds. The van der Waals surface area contributed by atoms with Crippen molar-refractivity contribution in [2.75, 3.05) is 24.2 Å². The quantitative estimate of drug-likeness (QED) is 0.534. The minimum absolute atomic E-state index is 0.0464. The SMILES string of the molecule is O=C(Nc1ccc(CCS(=O)(=O)N2CCC3(CC2)N=C(C2CCCCC2)NC3=O)c(C(F)(F)F)c1)C1CC1. The smallest absolute Gasteiger partial charge is 0.326 e. The number of aliphatic imine (C=N–C) groups is 1. The van der Waals surface area contributed by atoms with Crippen LogP contribution in [-0.4, -0.2) is 54.8 Å². The summed E-state index contributed by atoms with van der Waals surface area (Å²) in [6.45, 7) is 0.185. The number of carbonyl (C=O) groups excluding carboxylic acids is 2. The number of benzene rings is 1. The summed E-state index contributed by atoms with van der Waals surface area (Å²) in [5, 5.41) is 5.45. The maximum atomic E-state index is 13.8. The zero-order chi connectivity index (χ0) is 27.1. The van der Waals surface area contributed by atoms with Gasteiger partial charge in [-0.3, -0.25) is 14.6 Å². The number of sulfonamides is 1. The van der Waals surface area contributed by atoms with E-state index in [9.17, 15) is 31.2 Å². The molecule has 3 fully saturated rings. The Bertz CT molecular complexity index is 1230. The number of alkyl halides is 3. The second-order valence-electron chi connectivity index (χ2n) is 10.9. The molecule has 1 aromatic rings. The number of hydrogen-bond acceptors (Lipinski definition) is 5. The van der Waals surface area contributed by atoms with Crippen LogP contribution in [0, 0.1) is 11.8 Å². The molecule has 0 radical (unpaired) electrons. The van der Waals surface area contributed by atoms with Gasteiger partial charge in [0.2, 0.25) is 15.9 Å². The van der Waals surface area contributed by atoms with Gasteiger partial charge in [0, 0.05) is 30.6 Å². The fraction of sp³-hybridized carbons (Fsp3) is 0.654. The van der Waals surface area contributed by atoms with Crippen LogP contribution in [0.15, 0.2) is 23.2 Å². The van der Waals surface area contributed by atoms with Crippen LogP contribution in [0.1, 0.15) is 68.9 Å². The van der Waals surface area contributed by atoms with Crippen LogP contribution in [0.4, 0.5) is 18.9 Å². The number of aryl methyl sites for hydroxylation is 1. The van der Waals surface area contributed by atoms with Gasteiger partial charge in [-0.2, -0.15) is 13.2 Å². The van der Waals surface area contributed by atoms with Gasteiger partial charge in [0.05, 0.1) is 11.3 Å². The molecule has 2 saturated carbocycles. The number of rotatable bonds is 7. The predicted octanol–water partition coefficient (Wildman–Crippen LogP) is 3.87. The Hall–Kier alpha value is -2.47. The van der Waals surface area contributed by atoms with Crippen LogP contribution in [-0.2, 0) is 32.2 Å². The second-order valence-corrected chi connectivity index (χ2v) is 13.0. The standard InChI is InChI=1S/C26H33F3N4O4S/c27-26(28,29)21-16-20(30-23(34)19-6-7-19)9-8-17(21)10-15-38(36,37)33-13-11-25(12-14-33)24(35)31-22(32-25)18-4-2-1-3-5-18/h8-9,16,18-19H,1-7,10-15H2,(H,30,34)(H,31,32,35). The molecule has 0 unspecified atom stereocenters. The molecule has 2 aliphatic carbocycles. The Morgan fingerprint density at radius 1 is 1.11 bits per heavy atom. The van der Waals surface area contributed by atoms with E-state index < -0.39 is 33.1 Å². The van der Waals surface area contributed by atoms with Crippen LogP contribution in [0.2, 0.25) is 0 Å². The van der Waals surface area contributed by atoms with Gasteiger partial charge in [0.25, 0.3) is 5.91 Å². The zero-order valence-electron chi connectivity index (χ0n) is 21.1. The van der Waals surface area contributed by atoms with Gasteiger partial charge in [0.1, 0.15) is 11.4 Å². The Morgan fingerprint density at radius 3 is 2.42 bits per heavy atom. The third-order valence-corrected chi connectivity index (χ3v) is 10.1. The number of anilines is 1. The molecule has 38 heavy (non-hydrogen) atoms. The number of halogens is 3. The van der Waals surface area contributed by atoms with Crippen molar-refractivity contribution in [1.82, 2.24) is 9.62 Å². The van der Waals surface area contributed by atoms with Crippen molar-refractivity contribution in [3.8, 4) is 0 Å². The van der Waals surface area contributed by atoms with Gasteiger partial charge in [-0.25, -0.2) is 12.7 Å². The van der Waals surface area contributed by atoms with Crippen LogP contribution in [0.3, 0.4) is 0 Å². The molecule has 2 N–H and O–H groups in total. The normalized spacial score (nSPS) is 22.8. The first-order valence-corrected chi connectivity index (χ1v) is 15.0. The van der Waals surface area contributed by atoms with Crippen LogP contribution < -0.4 is 10.6 Å². The predicted molar refractivity (Wildman–Crippen MR) is 136 cm³/mol. The first-order valence-electron chi connectivity index (χ1n) is 13.4. The van der Waals surface area contributed by atoms with Crippen molar-refractivity contribution in [2.24, 2.45) is 16.8 Å². The third-order valence-electron chi connectivity index (χ3n) is 8.19. The Labute approximate surface area is 220 Å². The summed E-state index contributed by atoms with van der Waals surface area (Å²) in [5.41, 5.74) is -2.00. The van der Waals surface area contributed by atoms with Gasteiger partial charge in [-0.15, -0.1) is 0 Å². The van der Waals surface area contributed by atoms with E-state index >= 15 is 0 Å². The number of nitrogens with zero attached hydrogens (tertiary/aromatic N) is 2. The van der Waals surface area contributed by atoms with E-state index in [2.05, 4.69) is 10.6 Å². The first-order chi connectivity index (χ1) is 18.0. The molecule has 0 bridgehead atoms. The van der Waals surface area contributed by atoms with E-state index in [0.717, 1.165) is 50.4 Å². The maximum Gasteiger partial charge on any atom is 0.416 e. The highest BCUT2D eigenvalue weighted by Crippen LogP contribution is 2.37. The second kappa shape index (κ2) is 10.3. The molecule has 12 heteroatoms. The molecule has 5 rings (SSSR count). The molecule has 1 spiro atoms. The molecule has 1 saturated heterocycles. The lowest BCUT2D eigenvalue weighted by molar-refractivity contribution is -0.138. The summed E-state index contributed by atoms with van der Waals surface area (Å²) < 4.78 is 68.7. The highest BCUT2D eigenvalue weighted by atomic mass is 32.2. The lowest BCUT2D eigenvalue weighted by Gasteiger charge is -2.34. The third kappa shape index (κ3) is 5.75.